The molecule has 5 heteroatoms. The van der Waals surface area contributed by atoms with Gasteiger partial charge in [0.2, 0.25) is 0 Å². The van der Waals surface area contributed by atoms with Crippen LogP contribution in [0, 0.1) is 5.92 Å². The lowest BCUT2D eigenvalue weighted by molar-refractivity contribution is 0.356. The number of aromatic nitrogens is 2. The highest BCUT2D eigenvalue weighted by Crippen LogP contribution is 2.31. The molecule has 0 saturated heterocycles. The second-order valence-electron chi connectivity index (χ2n) is 4.98. The van der Waals surface area contributed by atoms with E-state index in [1.165, 1.54) is 12.8 Å². The van der Waals surface area contributed by atoms with Crippen molar-refractivity contribution < 1.29 is 9.47 Å². The molecule has 5 nitrogen and oxygen atoms in total. The summed E-state index contributed by atoms with van der Waals surface area (Å²) in [6.45, 7) is 1.86. The molecule has 1 aromatic heterocycles. The van der Waals surface area contributed by atoms with E-state index in [0.717, 1.165) is 41.6 Å². The first-order valence-corrected chi connectivity index (χ1v) is 6.61. The Bertz CT molecular complexity index is 534. The number of aromatic amines is 1. The van der Waals surface area contributed by atoms with E-state index in [0.29, 0.717) is 5.75 Å². The molecule has 2 N–H and O–H groups in total. The van der Waals surface area contributed by atoms with Crippen LogP contribution in [-0.4, -0.2) is 30.7 Å². The molecule has 0 spiro atoms. The first kappa shape index (κ1) is 12.3. The third-order valence-electron chi connectivity index (χ3n) is 3.46. The SMILES string of the molecule is COc1cc2nc(CNCC3CC3)[nH]c2cc1OC. The summed E-state index contributed by atoms with van der Waals surface area (Å²) in [5, 5.41) is 3.43. The van der Waals surface area contributed by atoms with Gasteiger partial charge in [-0.1, -0.05) is 0 Å². The van der Waals surface area contributed by atoms with Crippen LogP contribution < -0.4 is 14.8 Å². The Morgan fingerprint density at radius 3 is 2.68 bits per heavy atom. The van der Waals surface area contributed by atoms with Crippen molar-refractivity contribution in [3.63, 3.8) is 0 Å². The average Bonchev–Trinajstić information content (AvgIpc) is 3.16. The van der Waals surface area contributed by atoms with Crippen LogP contribution in [0.4, 0.5) is 0 Å². The van der Waals surface area contributed by atoms with Crippen molar-refractivity contribution >= 4 is 11.0 Å². The van der Waals surface area contributed by atoms with E-state index >= 15 is 0 Å². The molecule has 1 aliphatic carbocycles. The zero-order chi connectivity index (χ0) is 13.2. The summed E-state index contributed by atoms with van der Waals surface area (Å²) in [6, 6.07) is 3.82. The Hall–Kier alpha value is -1.75. The fourth-order valence-electron chi connectivity index (χ4n) is 2.19. The Balaban J connectivity index is 1.78. The van der Waals surface area contributed by atoms with Crippen molar-refractivity contribution in [1.82, 2.24) is 15.3 Å². The predicted molar refractivity (Wildman–Crippen MR) is 73.6 cm³/mol. The van der Waals surface area contributed by atoms with Crippen molar-refractivity contribution in [1.29, 1.82) is 0 Å². The van der Waals surface area contributed by atoms with E-state index in [2.05, 4.69) is 15.3 Å². The fraction of sp³-hybridized carbons (Fsp3) is 0.500. The topological polar surface area (TPSA) is 59.2 Å². The maximum Gasteiger partial charge on any atom is 0.163 e. The van der Waals surface area contributed by atoms with E-state index in [-0.39, 0.29) is 0 Å². The quantitative estimate of drug-likeness (QED) is 0.836. The van der Waals surface area contributed by atoms with Gasteiger partial charge >= 0.3 is 0 Å². The molecule has 0 radical (unpaired) electrons. The van der Waals surface area contributed by atoms with E-state index < -0.39 is 0 Å². The molecular weight excluding hydrogens is 242 g/mol. The summed E-state index contributed by atoms with van der Waals surface area (Å²) in [5.41, 5.74) is 1.88. The number of H-pyrrole nitrogens is 1. The first-order chi connectivity index (χ1) is 9.30. The molecule has 1 saturated carbocycles. The number of ether oxygens (including phenoxy) is 2. The number of benzene rings is 1. The van der Waals surface area contributed by atoms with Crippen LogP contribution in [0.1, 0.15) is 18.7 Å². The zero-order valence-corrected chi connectivity index (χ0v) is 11.3. The second-order valence-corrected chi connectivity index (χ2v) is 4.98. The monoisotopic (exact) mass is 261 g/mol. The summed E-state index contributed by atoms with van der Waals surface area (Å²) in [6.07, 6.45) is 2.73. The number of hydrogen-bond acceptors (Lipinski definition) is 4. The van der Waals surface area contributed by atoms with Gasteiger partial charge in [0, 0.05) is 12.1 Å². The first-order valence-electron chi connectivity index (χ1n) is 6.61. The smallest absolute Gasteiger partial charge is 0.163 e. The lowest BCUT2D eigenvalue weighted by Gasteiger charge is -2.06. The van der Waals surface area contributed by atoms with Gasteiger partial charge in [-0.2, -0.15) is 0 Å². The molecule has 1 aliphatic rings. The van der Waals surface area contributed by atoms with E-state index in [4.69, 9.17) is 9.47 Å². The number of nitrogens with zero attached hydrogens (tertiary/aromatic N) is 1. The number of rotatable bonds is 6. The lowest BCUT2D eigenvalue weighted by atomic mass is 10.3. The summed E-state index contributed by atoms with van der Waals surface area (Å²) in [7, 11) is 3.27. The Morgan fingerprint density at radius 1 is 1.26 bits per heavy atom. The van der Waals surface area contributed by atoms with Crippen molar-refractivity contribution in [3.05, 3.63) is 18.0 Å². The predicted octanol–water partition coefficient (Wildman–Crippen LogP) is 2.08. The molecular formula is C14H19N3O2. The Morgan fingerprint density at radius 2 is 2.00 bits per heavy atom. The minimum atomic E-state index is 0.707. The maximum atomic E-state index is 5.29. The average molecular weight is 261 g/mol. The molecule has 19 heavy (non-hydrogen) atoms. The molecule has 1 heterocycles. The van der Waals surface area contributed by atoms with Crippen LogP contribution in [0.5, 0.6) is 11.5 Å². The molecule has 2 aromatic rings. The molecule has 0 amide bonds. The normalized spacial score (nSPS) is 14.8. The highest BCUT2D eigenvalue weighted by molar-refractivity contribution is 5.79. The van der Waals surface area contributed by atoms with Crippen molar-refractivity contribution in [3.8, 4) is 11.5 Å². The summed E-state index contributed by atoms with van der Waals surface area (Å²) < 4.78 is 10.6. The van der Waals surface area contributed by atoms with Crippen LogP contribution in [0.2, 0.25) is 0 Å². The van der Waals surface area contributed by atoms with Gasteiger partial charge in [-0.05, 0) is 25.3 Å². The van der Waals surface area contributed by atoms with Crippen LogP contribution in [0.25, 0.3) is 11.0 Å². The molecule has 1 aromatic carbocycles. The van der Waals surface area contributed by atoms with Gasteiger partial charge in [0.15, 0.2) is 11.5 Å². The third kappa shape index (κ3) is 2.66. The van der Waals surface area contributed by atoms with Gasteiger partial charge in [0.05, 0.1) is 31.8 Å². The standard InChI is InChI=1S/C14H19N3O2/c1-18-12-5-10-11(6-13(12)19-2)17-14(16-10)8-15-7-9-3-4-9/h5-6,9,15H,3-4,7-8H2,1-2H3,(H,16,17). The fourth-order valence-corrected chi connectivity index (χ4v) is 2.19. The van der Waals surface area contributed by atoms with Gasteiger partial charge < -0.3 is 19.8 Å². The highest BCUT2D eigenvalue weighted by Gasteiger charge is 2.20. The molecule has 102 valence electrons. The van der Waals surface area contributed by atoms with Gasteiger partial charge in [-0.3, -0.25) is 0 Å². The minimum Gasteiger partial charge on any atom is -0.493 e. The Labute approximate surface area is 112 Å². The molecule has 3 rings (SSSR count). The summed E-state index contributed by atoms with van der Waals surface area (Å²) in [4.78, 5) is 7.87. The van der Waals surface area contributed by atoms with Gasteiger partial charge in [-0.25, -0.2) is 4.98 Å². The van der Waals surface area contributed by atoms with Gasteiger partial charge in [-0.15, -0.1) is 0 Å². The van der Waals surface area contributed by atoms with E-state index in [1.807, 2.05) is 12.1 Å². The van der Waals surface area contributed by atoms with Gasteiger partial charge in [0.25, 0.3) is 0 Å². The molecule has 0 aliphatic heterocycles. The van der Waals surface area contributed by atoms with Crippen molar-refractivity contribution in [2.45, 2.75) is 19.4 Å². The summed E-state index contributed by atoms with van der Waals surface area (Å²) in [5.74, 6) is 3.26. The molecule has 1 fully saturated rings. The lowest BCUT2D eigenvalue weighted by Crippen LogP contribution is -2.16. The molecule has 0 unspecified atom stereocenters. The van der Waals surface area contributed by atoms with Gasteiger partial charge in [0.1, 0.15) is 5.82 Å². The number of nitrogens with one attached hydrogen (secondary N) is 2. The number of methoxy groups -OCH3 is 2. The largest absolute Gasteiger partial charge is 0.493 e. The number of imidazole rings is 1. The number of hydrogen-bond donors (Lipinski definition) is 2. The second kappa shape index (κ2) is 5.09. The molecule has 0 bridgehead atoms. The maximum absolute atomic E-state index is 5.29. The zero-order valence-electron chi connectivity index (χ0n) is 11.3. The summed E-state index contributed by atoms with van der Waals surface area (Å²) >= 11 is 0. The number of fused-ring (bicyclic) bond motifs is 1. The van der Waals surface area contributed by atoms with Crippen molar-refractivity contribution in [2.75, 3.05) is 20.8 Å². The Kier molecular flexibility index (Phi) is 3.29. The minimum absolute atomic E-state index is 0.707. The van der Waals surface area contributed by atoms with E-state index in [1.54, 1.807) is 14.2 Å². The molecule has 0 atom stereocenters. The van der Waals surface area contributed by atoms with E-state index in [9.17, 15) is 0 Å². The van der Waals surface area contributed by atoms with Crippen molar-refractivity contribution in [2.24, 2.45) is 5.92 Å². The van der Waals surface area contributed by atoms with Crippen LogP contribution in [-0.2, 0) is 6.54 Å². The van der Waals surface area contributed by atoms with Crippen LogP contribution in [0.15, 0.2) is 12.1 Å². The van der Waals surface area contributed by atoms with Crippen LogP contribution in [0.3, 0.4) is 0 Å². The van der Waals surface area contributed by atoms with Crippen LogP contribution >= 0.6 is 0 Å². The highest BCUT2D eigenvalue weighted by atomic mass is 16.5. The third-order valence-corrected chi connectivity index (χ3v) is 3.46.